The lowest BCUT2D eigenvalue weighted by Crippen LogP contribution is -2.28. The highest BCUT2D eigenvalue weighted by molar-refractivity contribution is 5.75. The van der Waals surface area contributed by atoms with Gasteiger partial charge >= 0.3 is 5.97 Å². The van der Waals surface area contributed by atoms with Crippen LogP contribution in [0.3, 0.4) is 0 Å². The molecule has 0 aliphatic rings. The van der Waals surface area contributed by atoms with Crippen LogP contribution in [0, 0.1) is 12.7 Å². The second-order valence-corrected chi connectivity index (χ2v) is 4.85. The number of halogens is 1. The molecule has 1 N–H and O–H groups in total. The number of benzene rings is 1. The van der Waals surface area contributed by atoms with Crippen molar-refractivity contribution in [2.24, 2.45) is 0 Å². The largest absolute Gasteiger partial charge is 0.459 e. The summed E-state index contributed by atoms with van der Waals surface area (Å²) in [6, 6.07) is 4.70. The molecule has 4 heteroatoms. The molecule has 1 rings (SSSR count). The molecule has 0 radical (unpaired) electrons. The van der Waals surface area contributed by atoms with E-state index in [9.17, 15) is 9.18 Å². The van der Waals surface area contributed by atoms with Crippen molar-refractivity contribution >= 4 is 11.7 Å². The van der Waals surface area contributed by atoms with E-state index in [0.29, 0.717) is 11.3 Å². The average molecular weight is 239 g/mol. The van der Waals surface area contributed by atoms with E-state index in [1.807, 2.05) is 0 Å². The third-order valence-corrected chi connectivity index (χ3v) is 2.11. The van der Waals surface area contributed by atoms with Crippen LogP contribution in [0.2, 0.25) is 0 Å². The van der Waals surface area contributed by atoms with Crippen LogP contribution in [0.1, 0.15) is 26.3 Å². The lowest BCUT2D eigenvalue weighted by molar-refractivity contribution is -0.152. The van der Waals surface area contributed by atoms with Gasteiger partial charge in [0.2, 0.25) is 0 Å². The fourth-order valence-corrected chi connectivity index (χ4v) is 1.34. The molecule has 0 aromatic heterocycles. The molecule has 0 spiro atoms. The summed E-state index contributed by atoms with van der Waals surface area (Å²) in [6.45, 7) is 7.10. The van der Waals surface area contributed by atoms with E-state index in [4.69, 9.17) is 4.74 Å². The number of esters is 1. The quantitative estimate of drug-likeness (QED) is 0.824. The van der Waals surface area contributed by atoms with Crippen molar-refractivity contribution < 1.29 is 13.9 Å². The Morgan fingerprint density at radius 3 is 2.65 bits per heavy atom. The number of anilines is 1. The predicted molar refractivity (Wildman–Crippen MR) is 65.5 cm³/mol. The Labute approximate surface area is 101 Å². The van der Waals surface area contributed by atoms with E-state index in [1.54, 1.807) is 39.8 Å². The van der Waals surface area contributed by atoms with E-state index in [2.05, 4.69) is 5.32 Å². The molecule has 0 amide bonds. The molecule has 0 saturated carbocycles. The van der Waals surface area contributed by atoms with Gasteiger partial charge in [0.05, 0.1) is 0 Å². The highest BCUT2D eigenvalue weighted by Crippen LogP contribution is 2.17. The van der Waals surface area contributed by atoms with Crippen LogP contribution in [0.25, 0.3) is 0 Å². The third kappa shape index (κ3) is 4.43. The maximum atomic E-state index is 13.2. The van der Waals surface area contributed by atoms with Crippen molar-refractivity contribution in [3.05, 3.63) is 29.6 Å². The monoisotopic (exact) mass is 239 g/mol. The summed E-state index contributed by atoms with van der Waals surface area (Å²) in [5.74, 6) is -0.652. The molecule has 0 aliphatic heterocycles. The Kier molecular flexibility index (Phi) is 4.10. The van der Waals surface area contributed by atoms with Crippen LogP contribution >= 0.6 is 0 Å². The zero-order chi connectivity index (χ0) is 13.1. The molecule has 1 aromatic rings. The van der Waals surface area contributed by atoms with Crippen molar-refractivity contribution in [2.75, 3.05) is 11.9 Å². The Balaban J connectivity index is 2.56. The minimum absolute atomic E-state index is 0.0293. The standard InChI is InChI=1S/C13H18FNO2/c1-9-10(14)6-5-7-11(9)15-8-12(16)17-13(2,3)4/h5-7,15H,8H2,1-4H3. The van der Waals surface area contributed by atoms with Crippen molar-refractivity contribution in [3.63, 3.8) is 0 Å². The SMILES string of the molecule is Cc1c(F)cccc1NCC(=O)OC(C)(C)C. The zero-order valence-electron chi connectivity index (χ0n) is 10.6. The highest BCUT2D eigenvalue weighted by atomic mass is 19.1. The Hall–Kier alpha value is -1.58. The van der Waals surface area contributed by atoms with E-state index < -0.39 is 5.60 Å². The van der Waals surface area contributed by atoms with Gasteiger partial charge in [-0.3, -0.25) is 4.79 Å². The van der Waals surface area contributed by atoms with Crippen LogP contribution < -0.4 is 5.32 Å². The summed E-state index contributed by atoms with van der Waals surface area (Å²) in [6.07, 6.45) is 0. The molecule has 94 valence electrons. The number of rotatable bonds is 3. The minimum atomic E-state index is -0.504. The first-order valence-electron chi connectivity index (χ1n) is 5.50. The molecule has 0 saturated heterocycles. The summed E-state index contributed by atoms with van der Waals surface area (Å²) in [4.78, 5) is 11.4. The number of hydrogen-bond acceptors (Lipinski definition) is 3. The molecule has 0 fully saturated rings. The molecule has 1 aromatic carbocycles. The molecule has 0 unspecified atom stereocenters. The van der Waals surface area contributed by atoms with E-state index >= 15 is 0 Å². The second-order valence-electron chi connectivity index (χ2n) is 4.85. The van der Waals surface area contributed by atoms with Gasteiger partial charge in [-0.15, -0.1) is 0 Å². The smallest absolute Gasteiger partial charge is 0.325 e. The molecule has 17 heavy (non-hydrogen) atoms. The number of nitrogens with one attached hydrogen (secondary N) is 1. The molecule has 0 heterocycles. The van der Waals surface area contributed by atoms with Crippen LogP contribution in [-0.2, 0) is 9.53 Å². The first-order valence-corrected chi connectivity index (χ1v) is 5.50. The van der Waals surface area contributed by atoms with E-state index in [1.165, 1.54) is 6.07 Å². The first-order chi connectivity index (χ1) is 7.79. The number of carbonyl (C=O) groups excluding carboxylic acids is 1. The van der Waals surface area contributed by atoms with E-state index in [-0.39, 0.29) is 18.3 Å². The number of hydrogen-bond donors (Lipinski definition) is 1. The molecule has 0 bridgehead atoms. The maximum absolute atomic E-state index is 13.2. The average Bonchev–Trinajstić information content (AvgIpc) is 2.18. The van der Waals surface area contributed by atoms with Crippen LogP contribution in [0.15, 0.2) is 18.2 Å². The lowest BCUT2D eigenvalue weighted by Gasteiger charge is -2.20. The normalized spacial score (nSPS) is 11.1. The third-order valence-electron chi connectivity index (χ3n) is 2.11. The van der Waals surface area contributed by atoms with Gasteiger partial charge in [0.25, 0.3) is 0 Å². The zero-order valence-corrected chi connectivity index (χ0v) is 10.6. The van der Waals surface area contributed by atoms with Crippen LogP contribution in [0.5, 0.6) is 0 Å². The van der Waals surface area contributed by atoms with Crippen molar-refractivity contribution in [3.8, 4) is 0 Å². The molecule has 0 aliphatic carbocycles. The second kappa shape index (κ2) is 5.17. The Morgan fingerprint density at radius 2 is 2.06 bits per heavy atom. The first kappa shape index (κ1) is 13.5. The fourth-order valence-electron chi connectivity index (χ4n) is 1.34. The fraction of sp³-hybridized carbons (Fsp3) is 0.462. The van der Waals surface area contributed by atoms with Crippen molar-refractivity contribution in [1.82, 2.24) is 0 Å². The van der Waals surface area contributed by atoms with Crippen molar-refractivity contribution in [2.45, 2.75) is 33.3 Å². The van der Waals surface area contributed by atoms with E-state index in [0.717, 1.165) is 0 Å². The van der Waals surface area contributed by atoms with Gasteiger partial charge in [0.1, 0.15) is 18.0 Å². The van der Waals surface area contributed by atoms with Gasteiger partial charge in [-0.2, -0.15) is 0 Å². The van der Waals surface area contributed by atoms with Gasteiger partial charge < -0.3 is 10.1 Å². The van der Waals surface area contributed by atoms with Crippen LogP contribution in [0.4, 0.5) is 10.1 Å². The molecular weight excluding hydrogens is 221 g/mol. The van der Waals surface area contributed by atoms with Gasteiger partial charge in [-0.1, -0.05) is 6.07 Å². The summed E-state index contributed by atoms with van der Waals surface area (Å²) in [5.41, 5.74) is 0.599. The number of ether oxygens (including phenoxy) is 1. The van der Waals surface area contributed by atoms with Crippen LogP contribution in [-0.4, -0.2) is 18.1 Å². The lowest BCUT2D eigenvalue weighted by atomic mass is 10.2. The van der Waals surface area contributed by atoms with Gasteiger partial charge in [-0.05, 0) is 39.8 Å². The van der Waals surface area contributed by atoms with Gasteiger partial charge in [-0.25, -0.2) is 4.39 Å². The van der Waals surface area contributed by atoms with Gasteiger partial charge in [0.15, 0.2) is 0 Å². The summed E-state index contributed by atoms with van der Waals surface area (Å²) in [7, 11) is 0. The minimum Gasteiger partial charge on any atom is -0.459 e. The maximum Gasteiger partial charge on any atom is 0.325 e. The summed E-state index contributed by atoms with van der Waals surface area (Å²) < 4.78 is 18.4. The Morgan fingerprint density at radius 1 is 1.41 bits per heavy atom. The summed E-state index contributed by atoms with van der Waals surface area (Å²) in [5, 5.41) is 2.86. The van der Waals surface area contributed by atoms with Crippen molar-refractivity contribution in [1.29, 1.82) is 0 Å². The van der Waals surface area contributed by atoms with Gasteiger partial charge in [0, 0.05) is 11.3 Å². The number of carbonyl (C=O) groups is 1. The Bertz CT molecular complexity index is 410. The molecular formula is C13H18FNO2. The topological polar surface area (TPSA) is 38.3 Å². The predicted octanol–water partition coefficient (Wildman–Crippen LogP) is 2.89. The molecule has 3 nitrogen and oxygen atoms in total. The summed E-state index contributed by atoms with van der Waals surface area (Å²) >= 11 is 0. The highest BCUT2D eigenvalue weighted by Gasteiger charge is 2.16. The molecule has 0 atom stereocenters.